The van der Waals surface area contributed by atoms with Gasteiger partial charge in [0.2, 0.25) is 0 Å². The van der Waals surface area contributed by atoms with Crippen LogP contribution < -0.4 is 0 Å². The number of rotatable bonds is 4. The van der Waals surface area contributed by atoms with E-state index in [9.17, 15) is 4.39 Å². The zero-order chi connectivity index (χ0) is 15.8. The van der Waals surface area contributed by atoms with E-state index in [1.165, 1.54) is 6.07 Å². The van der Waals surface area contributed by atoms with E-state index in [0.717, 1.165) is 35.7 Å². The summed E-state index contributed by atoms with van der Waals surface area (Å²) in [6, 6.07) is 1.49. The molecule has 0 saturated heterocycles. The molecular weight excluding hydrogens is 315 g/mol. The summed E-state index contributed by atoms with van der Waals surface area (Å²) >= 11 is 1.76. The summed E-state index contributed by atoms with van der Waals surface area (Å²) in [6.07, 6.45) is 8.24. The summed E-state index contributed by atoms with van der Waals surface area (Å²) in [5.74, 6) is 0.708. The third kappa shape index (κ3) is 2.64. The molecule has 0 N–H and O–H groups in total. The number of pyridine rings is 1. The topological polar surface area (TPSA) is 44.4 Å². The molecule has 4 heterocycles. The second kappa shape index (κ2) is 5.98. The Hall–Kier alpha value is -1.86. The lowest BCUT2D eigenvalue weighted by molar-refractivity contribution is 0.106. The van der Waals surface area contributed by atoms with E-state index in [0.29, 0.717) is 24.4 Å². The van der Waals surface area contributed by atoms with E-state index in [2.05, 4.69) is 16.3 Å². The first-order chi connectivity index (χ1) is 11.3. The fourth-order valence-electron chi connectivity index (χ4n) is 2.87. The Balaban J connectivity index is 1.77. The Kier molecular flexibility index (Phi) is 3.82. The lowest BCUT2D eigenvalue weighted by Gasteiger charge is -2.12. The average Bonchev–Trinajstić information content (AvgIpc) is 3.15. The zero-order valence-electron chi connectivity index (χ0n) is 12.8. The van der Waals surface area contributed by atoms with Crippen LogP contribution in [0.2, 0.25) is 0 Å². The predicted octanol–water partition coefficient (Wildman–Crippen LogP) is 2.77. The molecule has 0 spiro atoms. The van der Waals surface area contributed by atoms with Crippen molar-refractivity contribution in [3.63, 3.8) is 0 Å². The molecule has 0 unspecified atom stereocenters. The number of hydrogen-bond acceptors (Lipinski definition) is 4. The van der Waals surface area contributed by atoms with Crippen molar-refractivity contribution in [1.29, 1.82) is 0 Å². The number of ether oxygens (including phenoxy) is 1. The second-order valence-corrected chi connectivity index (χ2v) is 6.54. The van der Waals surface area contributed by atoms with Crippen molar-refractivity contribution < 1.29 is 9.13 Å². The first-order valence-electron chi connectivity index (χ1n) is 7.55. The molecule has 0 aliphatic carbocycles. The van der Waals surface area contributed by atoms with E-state index in [4.69, 9.17) is 4.74 Å². The van der Waals surface area contributed by atoms with Crippen LogP contribution in [0.15, 0.2) is 24.7 Å². The van der Waals surface area contributed by atoms with Crippen LogP contribution in [0.25, 0.3) is 16.8 Å². The Morgan fingerprint density at radius 1 is 1.39 bits per heavy atom. The van der Waals surface area contributed by atoms with Crippen LogP contribution in [-0.4, -0.2) is 37.8 Å². The van der Waals surface area contributed by atoms with E-state index >= 15 is 0 Å². The van der Waals surface area contributed by atoms with Gasteiger partial charge in [-0.25, -0.2) is 9.37 Å². The molecule has 7 heteroatoms. The highest BCUT2D eigenvalue weighted by Gasteiger charge is 2.19. The smallest absolute Gasteiger partial charge is 0.140 e. The number of hydrogen-bond donors (Lipinski definition) is 0. The highest BCUT2D eigenvalue weighted by molar-refractivity contribution is 7.98. The summed E-state index contributed by atoms with van der Waals surface area (Å²) in [5, 5.41) is 4.31. The number of aromatic nitrogens is 4. The van der Waals surface area contributed by atoms with Gasteiger partial charge in [0.15, 0.2) is 0 Å². The normalized spacial score (nSPS) is 14.3. The van der Waals surface area contributed by atoms with Gasteiger partial charge in [0.25, 0.3) is 0 Å². The molecular formula is C16H17FN4OS. The minimum Gasteiger partial charge on any atom is -0.375 e. The fourth-order valence-corrected chi connectivity index (χ4v) is 3.24. The molecule has 1 aliphatic heterocycles. The van der Waals surface area contributed by atoms with Crippen LogP contribution in [0.5, 0.6) is 0 Å². The molecule has 120 valence electrons. The Bertz CT molecular complexity index is 857. The fraction of sp³-hybridized carbons (Fsp3) is 0.375. The molecule has 0 fully saturated rings. The van der Waals surface area contributed by atoms with Gasteiger partial charge in [0, 0.05) is 48.3 Å². The lowest BCUT2D eigenvalue weighted by Crippen LogP contribution is -2.10. The van der Waals surface area contributed by atoms with Gasteiger partial charge in [0.05, 0.1) is 30.8 Å². The van der Waals surface area contributed by atoms with Crippen molar-refractivity contribution in [2.75, 3.05) is 18.6 Å². The number of nitrogens with zero attached hydrogens (tertiary/aromatic N) is 4. The maximum Gasteiger partial charge on any atom is 0.140 e. The Morgan fingerprint density at radius 2 is 2.30 bits per heavy atom. The van der Waals surface area contributed by atoms with Gasteiger partial charge in [-0.15, -0.1) is 0 Å². The third-order valence-electron chi connectivity index (χ3n) is 4.08. The number of halogens is 1. The van der Waals surface area contributed by atoms with E-state index in [-0.39, 0.29) is 5.82 Å². The molecule has 0 atom stereocenters. The summed E-state index contributed by atoms with van der Waals surface area (Å²) < 4.78 is 23.8. The number of imidazole rings is 1. The molecule has 0 saturated carbocycles. The molecule has 4 rings (SSSR count). The van der Waals surface area contributed by atoms with E-state index in [1.54, 1.807) is 24.2 Å². The van der Waals surface area contributed by atoms with Gasteiger partial charge >= 0.3 is 0 Å². The third-order valence-corrected chi connectivity index (χ3v) is 4.67. The standard InChI is InChI=1S/C16H17FN4OS/c1-23-5-3-20-8-11(7-18-20)12-9-21-15-10-22-4-2-14(15)19-16(21)6-13(12)17/h6-9H,2-5,10H2,1H3. The van der Waals surface area contributed by atoms with Crippen LogP contribution in [0.1, 0.15) is 11.4 Å². The lowest BCUT2D eigenvalue weighted by atomic mass is 10.1. The van der Waals surface area contributed by atoms with Crippen LogP contribution in [0.4, 0.5) is 4.39 Å². The van der Waals surface area contributed by atoms with Crippen LogP contribution in [0.3, 0.4) is 0 Å². The van der Waals surface area contributed by atoms with Gasteiger partial charge in [-0.2, -0.15) is 16.9 Å². The monoisotopic (exact) mass is 332 g/mol. The first kappa shape index (κ1) is 14.7. The van der Waals surface area contributed by atoms with Crippen molar-refractivity contribution in [2.45, 2.75) is 19.6 Å². The maximum absolute atomic E-state index is 14.5. The molecule has 5 nitrogen and oxygen atoms in total. The molecule has 3 aromatic heterocycles. The van der Waals surface area contributed by atoms with Gasteiger partial charge in [-0.3, -0.25) is 4.68 Å². The summed E-state index contributed by atoms with van der Waals surface area (Å²) in [4.78, 5) is 4.51. The summed E-state index contributed by atoms with van der Waals surface area (Å²) in [6.45, 7) is 2.02. The van der Waals surface area contributed by atoms with Crippen LogP contribution in [0, 0.1) is 5.82 Å². The molecule has 1 aliphatic rings. The highest BCUT2D eigenvalue weighted by Crippen LogP contribution is 2.26. The molecule has 0 amide bonds. The minimum atomic E-state index is -0.273. The summed E-state index contributed by atoms with van der Waals surface area (Å²) in [7, 11) is 0. The second-order valence-electron chi connectivity index (χ2n) is 5.56. The van der Waals surface area contributed by atoms with Gasteiger partial charge < -0.3 is 9.14 Å². The van der Waals surface area contributed by atoms with E-state index < -0.39 is 0 Å². The van der Waals surface area contributed by atoms with Crippen LogP contribution >= 0.6 is 11.8 Å². The van der Waals surface area contributed by atoms with E-state index in [1.807, 2.05) is 15.3 Å². The van der Waals surface area contributed by atoms with Crippen LogP contribution in [-0.2, 0) is 24.3 Å². The predicted molar refractivity (Wildman–Crippen MR) is 88.1 cm³/mol. The largest absolute Gasteiger partial charge is 0.375 e. The van der Waals surface area contributed by atoms with Crippen molar-refractivity contribution in [1.82, 2.24) is 19.2 Å². The van der Waals surface area contributed by atoms with Gasteiger partial charge in [0.1, 0.15) is 11.5 Å². The number of fused-ring (bicyclic) bond motifs is 3. The zero-order valence-corrected chi connectivity index (χ0v) is 13.6. The van der Waals surface area contributed by atoms with Crippen molar-refractivity contribution in [3.8, 4) is 11.1 Å². The van der Waals surface area contributed by atoms with Crippen molar-refractivity contribution in [3.05, 3.63) is 41.9 Å². The first-order valence-corrected chi connectivity index (χ1v) is 8.94. The molecule has 3 aromatic rings. The SMILES string of the molecule is CSCCn1cc(-c2cn3c4c(nc3cc2F)CCOC4)cn1. The average molecular weight is 332 g/mol. The minimum absolute atomic E-state index is 0.273. The Labute approximate surface area is 137 Å². The van der Waals surface area contributed by atoms with Gasteiger partial charge in [-0.1, -0.05) is 0 Å². The molecule has 0 bridgehead atoms. The molecule has 23 heavy (non-hydrogen) atoms. The molecule has 0 radical (unpaired) electrons. The van der Waals surface area contributed by atoms with Gasteiger partial charge in [-0.05, 0) is 6.26 Å². The van der Waals surface area contributed by atoms with Crippen molar-refractivity contribution in [2.24, 2.45) is 0 Å². The summed E-state index contributed by atoms with van der Waals surface area (Å²) in [5.41, 5.74) is 3.98. The number of thioether (sulfide) groups is 1. The molecule has 0 aromatic carbocycles. The number of aryl methyl sites for hydroxylation is 1. The highest BCUT2D eigenvalue weighted by atomic mass is 32.2. The maximum atomic E-state index is 14.5. The quantitative estimate of drug-likeness (QED) is 0.737. The van der Waals surface area contributed by atoms with Crippen molar-refractivity contribution >= 4 is 17.4 Å². The Morgan fingerprint density at radius 3 is 3.17 bits per heavy atom.